The SMILES string of the molecule is CC[C@H](Oc1ccccc1Cl)C(=O)Nc1ccc(OC)c(Cl)c1. The minimum Gasteiger partial charge on any atom is -0.495 e. The first kappa shape index (κ1) is 17.4. The normalized spacial score (nSPS) is 11.7. The summed E-state index contributed by atoms with van der Waals surface area (Å²) in [5, 5.41) is 3.66. The fraction of sp³-hybridized carbons (Fsp3) is 0.235. The molecule has 0 spiro atoms. The highest BCUT2D eigenvalue weighted by atomic mass is 35.5. The van der Waals surface area contributed by atoms with Crippen molar-refractivity contribution < 1.29 is 14.3 Å². The first-order chi connectivity index (χ1) is 11.0. The van der Waals surface area contributed by atoms with Gasteiger partial charge in [-0.2, -0.15) is 0 Å². The summed E-state index contributed by atoms with van der Waals surface area (Å²) in [5.74, 6) is 0.751. The maximum atomic E-state index is 12.4. The number of hydrogen-bond donors (Lipinski definition) is 1. The Bertz CT molecular complexity index is 691. The molecule has 1 atom stereocenters. The van der Waals surface area contributed by atoms with Crippen molar-refractivity contribution in [2.45, 2.75) is 19.4 Å². The Kier molecular flexibility index (Phi) is 6.13. The van der Waals surface area contributed by atoms with Crippen molar-refractivity contribution in [3.05, 3.63) is 52.5 Å². The summed E-state index contributed by atoms with van der Waals surface area (Å²) < 4.78 is 10.8. The summed E-state index contributed by atoms with van der Waals surface area (Å²) >= 11 is 12.1. The van der Waals surface area contributed by atoms with E-state index in [1.54, 1.807) is 42.5 Å². The topological polar surface area (TPSA) is 47.6 Å². The molecule has 0 saturated carbocycles. The molecule has 0 aliphatic rings. The number of amides is 1. The van der Waals surface area contributed by atoms with Gasteiger partial charge < -0.3 is 14.8 Å². The second-order valence-electron chi connectivity index (χ2n) is 4.78. The molecule has 0 radical (unpaired) electrons. The van der Waals surface area contributed by atoms with E-state index in [0.717, 1.165) is 0 Å². The van der Waals surface area contributed by atoms with Crippen LogP contribution in [0.3, 0.4) is 0 Å². The molecule has 23 heavy (non-hydrogen) atoms. The van der Waals surface area contributed by atoms with Gasteiger partial charge >= 0.3 is 0 Å². The molecular formula is C17H17Cl2NO3. The molecule has 6 heteroatoms. The summed E-state index contributed by atoms with van der Waals surface area (Å²) in [6, 6.07) is 12.1. The Hall–Kier alpha value is -1.91. The fourth-order valence-corrected chi connectivity index (χ4v) is 2.42. The standard InChI is InChI=1S/C17H17Cl2NO3/c1-3-14(23-16-7-5-4-6-12(16)18)17(21)20-11-8-9-15(22-2)13(19)10-11/h4-10,14H,3H2,1-2H3,(H,20,21)/t14-/m0/s1. The van der Waals surface area contributed by atoms with Crippen LogP contribution in [0.1, 0.15) is 13.3 Å². The maximum absolute atomic E-state index is 12.4. The molecule has 122 valence electrons. The van der Waals surface area contributed by atoms with Crippen molar-refractivity contribution >= 4 is 34.8 Å². The van der Waals surface area contributed by atoms with E-state index < -0.39 is 6.10 Å². The number of para-hydroxylation sites is 1. The van der Waals surface area contributed by atoms with Crippen molar-refractivity contribution in [1.29, 1.82) is 0 Å². The highest BCUT2D eigenvalue weighted by Crippen LogP contribution is 2.28. The third kappa shape index (κ3) is 4.53. The molecule has 0 saturated heterocycles. The second kappa shape index (κ2) is 8.09. The number of halogens is 2. The van der Waals surface area contributed by atoms with Gasteiger partial charge in [0.25, 0.3) is 5.91 Å². The summed E-state index contributed by atoms with van der Waals surface area (Å²) in [7, 11) is 1.53. The number of nitrogens with one attached hydrogen (secondary N) is 1. The van der Waals surface area contributed by atoms with Gasteiger partial charge in [-0.25, -0.2) is 0 Å². The van der Waals surface area contributed by atoms with E-state index in [9.17, 15) is 4.79 Å². The van der Waals surface area contributed by atoms with Crippen molar-refractivity contribution in [1.82, 2.24) is 0 Å². The van der Waals surface area contributed by atoms with Crippen LogP contribution >= 0.6 is 23.2 Å². The Morgan fingerprint density at radius 2 is 1.87 bits per heavy atom. The van der Waals surface area contributed by atoms with Crippen LogP contribution < -0.4 is 14.8 Å². The van der Waals surface area contributed by atoms with E-state index in [1.807, 2.05) is 6.92 Å². The van der Waals surface area contributed by atoms with Crippen LogP contribution in [0, 0.1) is 0 Å². The average molecular weight is 354 g/mol. The van der Waals surface area contributed by atoms with Crippen molar-refractivity contribution in [2.24, 2.45) is 0 Å². The minimum atomic E-state index is -0.657. The highest BCUT2D eigenvalue weighted by Gasteiger charge is 2.20. The van der Waals surface area contributed by atoms with Crippen LogP contribution in [0.2, 0.25) is 10.0 Å². The van der Waals surface area contributed by atoms with Gasteiger partial charge in [-0.05, 0) is 36.8 Å². The molecule has 2 rings (SSSR count). The molecular weight excluding hydrogens is 337 g/mol. The largest absolute Gasteiger partial charge is 0.495 e. The predicted molar refractivity (Wildman–Crippen MR) is 92.8 cm³/mol. The quantitative estimate of drug-likeness (QED) is 0.811. The summed E-state index contributed by atoms with van der Waals surface area (Å²) in [6.45, 7) is 1.86. The van der Waals surface area contributed by atoms with E-state index in [0.29, 0.717) is 33.7 Å². The van der Waals surface area contributed by atoms with Crippen molar-refractivity contribution in [3.8, 4) is 11.5 Å². The van der Waals surface area contributed by atoms with Crippen LogP contribution in [0.25, 0.3) is 0 Å². The van der Waals surface area contributed by atoms with E-state index in [1.165, 1.54) is 7.11 Å². The third-order valence-corrected chi connectivity index (χ3v) is 3.80. The summed E-state index contributed by atoms with van der Waals surface area (Å²) in [6.07, 6.45) is -0.156. The minimum absolute atomic E-state index is 0.270. The number of hydrogen-bond acceptors (Lipinski definition) is 3. The maximum Gasteiger partial charge on any atom is 0.265 e. The van der Waals surface area contributed by atoms with Gasteiger partial charge in [0.15, 0.2) is 6.10 Å². The Morgan fingerprint density at radius 3 is 2.48 bits per heavy atom. The molecule has 0 aliphatic heterocycles. The number of methoxy groups -OCH3 is 1. The molecule has 0 heterocycles. The van der Waals surface area contributed by atoms with Gasteiger partial charge in [0.1, 0.15) is 11.5 Å². The predicted octanol–water partition coefficient (Wildman–Crippen LogP) is 4.80. The van der Waals surface area contributed by atoms with Gasteiger partial charge in [-0.1, -0.05) is 42.3 Å². The van der Waals surface area contributed by atoms with E-state index in [2.05, 4.69) is 5.32 Å². The Morgan fingerprint density at radius 1 is 1.13 bits per heavy atom. The zero-order valence-corrected chi connectivity index (χ0v) is 14.3. The lowest BCUT2D eigenvalue weighted by molar-refractivity contribution is -0.122. The van der Waals surface area contributed by atoms with Crippen LogP contribution in [0.4, 0.5) is 5.69 Å². The summed E-state index contributed by atoms with van der Waals surface area (Å²) in [5.41, 5.74) is 0.571. The lowest BCUT2D eigenvalue weighted by atomic mass is 10.2. The van der Waals surface area contributed by atoms with Gasteiger partial charge in [0.05, 0.1) is 17.2 Å². The molecule has 0 bridgehead atoms. The van der Waals surface area contributed by atoms with Crippen LogP contribution in [-0.2, 0) is 4.79 Å². The molecule has 0 unspecified atom stereocenters. The number of rotatable bonds is 6. The molecule has 0 fully saturated rings. The molecule has 1 N–H and O–H groups in total. The highest BCUT2D eigenvalue weighted by molar-refractivity contribution is 6.32. The summed E-state index contributed by atoms with van der Waals surface area (Å²) in [4.78, 5) is 12.4. The van der Waals surface area contributed by atoms with Gasteiger partial charge in [0, 0.05) is 5.69 Å². The van der Waals surface area contributed by atoms with Crippen LogP contribution in [0.15, 0.2) is 42.5 Å². The van der Waals surface area contributed by atoms with Gasteiger partial charge in [0.2, 0.25) is 0 Å². The number of benzene rings is 2. The van der Waals surface area contributed by atoms with Crippen LogP contribution in [-0.4, -0.2) is 19.1 Å². The number of carbonyl (C=O) groups is 1. The Balaban J connectivity index is 2.08. The van der Waals surface area contributed by atoms with E-state index in [-0.39, 0.29) is 5.91 Å². The van der Waals surface area contributed by atoms with Crippen molar-refractivity contribution in [3.63, 3.8) is 0 Å². The zero-order valence-electron chi connectivity index (χ0n) is 12.8. The smallest absolute Gasteiger partial charge is 0.265 e. The zero-order chi connectivity index (χ0) is 16.8. The van der Waals surface area contributed by atoms with E-state index >= 15 is 0 Å². The van der Waals surface area contributed by atoms with Gasteiger partial charge in [-0.3, -0.25) is 4.79 Å². The Labute approximate surface area is 145 Å². The molecule has 0 aliphatic carbocycles. The van der Waals surface area contributed by atoms with Crippen molar-refractivity contribution in [2.75, 3.05) is 12.4 Å². The molecule has 1 amide bonds. The first-order valence-electron chi connectivity index (χ1n) is 7.10. The molecule has 2 aromatic carbocycles. The lowest BCUT2D eigenvalue weighted by Gasteiger charge is -2.18. The fourth-order valence-electron chi connectivity index (χ4n) is 1.98. The monoisotopic (exact) mass is 353 g/mol. The first-order valence-corrected chi connectivity index (χ1v) is 7.86. The van der Waals surface area contributed by atoms with Crippen LogP contribution in [0.5, 0.6) is 11.5 Å². The second-order valence-corrected chi connectivity index (χ2v) is 5.60. The van der Waals surface area contributed by atoms with E-state index in [4.69, 9.17) is 32.7 Å². The average Bonchev–Trinajstić information content (AvgIpc) is 2.54. The number of ether oxygens (including phenoxy) is 2. The third-order valence-electron chi connectivity index (χ3n) is 3.19. The number of carbonyl (C=O) groups excluding carboxylic acids is 1. The molecule has 0 aromatic heterocycles. The lowest BCUT2D eigenvalue weighted by Crippen LogP contribution is -2.32. The molecule has 4 nitrogen and oxygen atoms in total. The van der Waals surface area contributed by atoms with Gasteiger partial charge in [-0.15, -0.1) is 0 Å². The molecule has 2 aromatic rings. The number of anilines is 1.